The summed E-state index contributed by atoms with van der Waals surface area (Å²) in [5, 5.41) is 23.5. The average Bonchev–Trinajstić information content (AvgIpc) is 3.12. The van der Waals surface area contributed by atoms with Gasteiger partial charge in [0.15, 0.2) is 0 Å². The smallest absolute Gasteiger partial charge is 0.229 e. The van der Waals surface area contributed by atoms with E-state index < -0.39 is 0 Å². The fourth-order valence-corrected chi connectivity index (χ4v) is 6.24. The third kappa shape index (κ3) is 10.6. The third-order valence-corrected chi connectivity index (χ3v) is 9.31. The molecule has 1 aliphatic rings. The highest BCUT2D eigenvalue weighted by Gasteiger charge is 2.25. The van der Waals surface area contributed by atoms with E-state index in [0.29, 0.717) is 24.5 Å². The largest absolute Gasteiger partial charge is 0.496 e. The molecule has 1 aliphatic carbocycles. The van der Waals surface area contributed by atoms with Crippen molar-refractivity contribution in [3.63, 3.8) is 0 Å². The SMILES string of the molecule is CNCCN[C@H](C)c1cc(Nc2nc(CN(CCNCc3cc(Nc4nc(C)cc(NC)n4)ccc3OC)C3CCC3)cc(NC)n2)ccc1OC. The van der Waals surface area contributed by atoms with Crippen LogP contribution in [0.25, 0.3) is 0 Å². The highest BCUT2D eigenvalue weighted by molar-refractivity contribution is 5.60. The van der Waals surface area contributed by atoms with E-state index in [9.17, 15) is 0 Å². The third-order valence-electron chi connectivity index (χ3n) is 9.31. The summed E-state index contributed by atoms with van der Waals surface area (Å²) in [6.45, 7) is 8.92. The Kier molecular flexibility index (Phi) is 14.2. The highest BCUT2D eigenvalue weighted by atomic mass is 16.5. The van der Waals surface area contributed by atoms with Gasteiger partial charge in [-0.2, -0.15) is 9.97 Å². The van der Waals surface area contributed by atoms with Gasteiger partial charge in [0.25, 0.3) is 0 Å². The van der Waals surface area contributed by atoms with Crippen molar-refractivity contribution in [2.75, 3.05) is 82.8 Å². The molecule has 2 aromatic heterocycles. The maximum absolute atomic E-state index is 5.70. The zero-order valence-electron chi connectivity index (χ0n) is 31.7. The summed E-state index contributed by atoms with van der Waals surface area (Å²) in [5.41, 5.74) is 5.78. The fourth-order valence-electron chi connectivity index (χ4n) is 6.24. The Morgan fingerprint density at radius 3 is 2.12 bits per heavy atom. The Bertz CT molecular complexity index is 1730. The number of nitrogens with zero attached hydrogens (tertiary/aromatic N) is 5. The van der Waals surface area contributed by atoms with Crippen molar-refractivity contribution in [3.05, 3.63) is 71.0 Å². The van der Waals surface area contributed by atoms with Crippen LogP contribution in [0.5, 0.6) is 11.5 Å². The molecule has 1 atom stereocenters. The monoisotopic (exact) mass is 712 g/mol. The van der Waals surface area contributed by atoms with Gasteiger partial charge in [-0.15, -0.1) is 0 Å². The molecule has 280 valence electrons. The van der Waals surface area contributed by atoms with Gasteiger partial charge in [0.2, 0.25) is 11.9 Å². The van der Waals surface area contributed by atoms with Crippen LogP contribution in [0.3, 0.4) is 0 Å². The minimum atomic E-state index is 0.108. The summed E-state index contributed by atoms with van der Waals surface area (Å²) in [6, 6.07) is 16.7. The standard InChI is InChI=1S/C38H56N12O2/c1-25-19-35(40-4)48-37(44-25)45-28-11-13-33(51-6)27(20-28)23-42-17-18-50(31-9-8-10-31)24-30-22-36(41-5)49-38(47-30)46-29-12-14-34(52-7)32(21-29)26(2)43-16-15-39-3/h11-14,19-22,26,31,39,42-43H,8-10,15-18,23-24H2,1-7H3,(H2,40,44,45,48)(H2,41,46,47,49)/t26-/m1/s1. The lowest BCUT2D eigenvalue weighted by molar-refractivity contribution is 0.119. The van der Waals surface area contributed by atoms with Crippen molar-refractivity contribution >= 4 is 34.9 Å². The van der Waals surface area contributed by atoms with Crippen LogP contribution < -0.4 is 46.7 Å². The van der Waals surface area contributed by atoms with Crippen molar-refractivity contribution in [2.24, 2.45) is 0 Å². The van der Waals surface area contributed by atoms with Crippen molar-refractivity contribution in [1.82, 2.24) is 40.8 Å². The second-order valence-electron chi connectivity index (χ2n) is 13.0. The van der Waals surface area contributed by atoms with Crippen LogP contribution >= 0.6 is 0 Å². The first kappa shape index (κ1) is 38.5. The second kappa shape index (κ2) is 19.2. The normalized spacial score (nSPS) is 13.4. The lowest BCUT2D eigenvalue weighted by atomic mass is 9.91. The van der Waals surface area contributed by atoms with Crippen LogP contribution in [0.15, 0.2) is 48.5 Å². The Labute approximate surface area is 308 Å². The van der Waals surface area contributed by atoms with Crippen LogP contribution in [0.2, 0.25) is 0 Å². The van der Waals surface area contributed by atoms with Gasteiger partial charge in [-0.3, -0.25) is 4.90 Å². The summed E-state index contributed by atoms with van der Waals surface area (Å²) in [6.07, 6.45) is 3.65. The molecule has 14 heteroatoms. The molecule has 1 fully saturated rings. The summed E-state index contributed by atoms with van der Waals surface area (Å²) < 4.78 is 11.4. The van der Waals surface area contributed by atoms with Crippen molar-refractivity contribution in [1.29, 1.82) is 0 Å². The molecule has 1 saturated carbocycles. The molecule has 0 bridgehead atoms. The molecule has 0 amide bonds. The van der Waals surface area contributed by atoms with E-state index in [-0.39, 0.29) is 6.04 Å². The Morgan fingerprint density at radius 1 is 0.788 bits per heavy atom. The summed E-state index contributed by atoms with van der Waals surface area (Å²) in [5.74, 6) is 4.31. The Morgan fingerprint density at radius 2 is 1.46 bits per heavy atom. The summed E-state index contributed by atoms with van der Waals surface area (Å²) in [4.78, 5) is 21.3. The minimum absolute atomic E-state index is 0.108. The number of methoxy groups -OCH3 is 2. The number of hydrogen-bond donors (Lipinski definition) is 7. The molecule has 14 nitrogen and oxygen atoms in total. The van der Waals surface area contributed by atoms with Crippen molar-refractivity contribution in [3.8, 4) is 11.5 Å². The van der Waals surface area contributed by atoms with E-state index >= 15 is 0 Å². The predicted octanol–water partition coefficient (Wildman–Crippen LogP) is 5.18. The van der Waals surface area contributed by atoms with E-state index in [0.717, 1.165) is 89.7 Å². The second-order valence-corrected chi connectivity index (χ2v) is 13.0. The summed E-state index contributed by atoms with van der Waals surface area (Å²) >= 11 is 0. The number of aryl methyl sites for hydroxylation is 1. The highest BCUT2D eigenvalue weighted by Crippen LogP contribution is 2.30. The number of anilines is 6. The van der Waals surface area contributed by atoms with Crippen molar-refractivity contribution in [2.45, 2.75) is 58.3 Å². The number of ether oxygens (including phenoxy) is 2. The lowest BCUT2D eigenvalue weighted by Crippen LogP contribution is -2.43. The molecule has 7 N–H and O–H groups in total. The van der Waals surface area contributed by atoms with Gasteiger partial charge in [0, 0.05) is 106 Å². The van der Waals surface area contributed by atoms with Crippen LogP contribution in [-0.4, -0.2) is 92.4 Å². The van der Waals surface area contributed by atoms with E-state index in [1.165, 1.54) is 19.3 Å². The first-order valence-electron chi connectivity index (χ1n) is 18.1. The van der Waals surface area contributed by atoms with E-state index in [2.05, 4.69) is 71.1 Å². The molecule has 52 heavy (non-hydrogen) atoms. The maximum atomic E-state index is 5.70. The fraction of sp³-hybridized carbons (Fsp3) is 0.474. The van der Waals surface area contributed by atoms with Crippen LogP contribution in [0.4, 0.5) is 34.9 Å². The Balaban J connectivity index is 1.23. The van der Waals surface area contributed by atoms with Crippen LogP contribution in [0, 0.1) is 6.92 Å². The van der Waals surface area contributed by atoms with Crippen LogP contribution in [-0.2, 0) is 13.1 Å². The number of rotatable bonds is 21. The molecule has 0 aliphatic heterocycles. The number of benzene rings is 2. The Hall–Kier alpha value is -4.76. The van der Waals surface area contributed by atoms with Gasteiger partial charge < -0.3 is 46.7 Å². The van der Waals surface area contributed by atoms with Crippen molar-refractivity contribution < 1.29 is 9.47 Å². The molecular formula is C38H56N12O2. The minimum Gasteiger partial charge on any atom is -0.496 e. The van der Waals surface area contributed by atoms with Gasteiger partial charge in [0.05, 0.1) is 19.9 Å². The number of aromatic nitrogens is 4. The first-order chi connectivity index (χ1) is 25.3. The zero-order chi connectivity index (χ0) is 36.9. The molecule has 0 unspecified atom stereocenters. The molecular weight excluding hydrogens is 656 g/mol. The van der Waals surface area contributed by atoms with Gasteiger partial charge in [-0.25, -0.2) is 9.97 Å². The van der Waals surface area contributed by atoms with E-state index in [4.69, 9.17) is 19.4 Å². The average molecular weight is 713 g/mol. The number of hydrogen-bond acceptors (Lipinski definition) is 14. The molecule has 2 heterocycles. The molecule has 0 spiro atoms. The van der Waals surface area contributed by atoms with Gasteiger partial charge >= 0.3 is 0 Å². The van der Waals surface area contributed by atoms with Gasteiger partial charge in [-0.05, 0) is 70.1 Å². The topological polar surface area (TPSA) is 157 Å². The zero-order valence-corrected chi connectivity index (χ0v) is 31.7. The number of likely N-dealkylation sites (N-methyl/N-ethyl adjacent to an activating group) is 1. The summed E-state index contributed by atoms with van der Waals surface area (Å²) in [7, 11) is 9.10. The van der Waals surface area contributed by atoms with Gasteiger partial charge in [0.1, 0.15) is 23.1 Å². The van der Waals surface area contributed by atoms with Gasteiger partial charge in [-0.1, -0.05) is 6.42 Å². The predicted molar refractivity (Wildman–Crippen MR) is 211 cm³/mol. The van der Waals surface area contributed by atoms with E-state index in [1.54, 1.807) is 14.2 Å². The maximum Gasteiger partial charge on any atom is 0.229 e. The quantitative estimate of drug-likeness (QED) is 0.0567. The molecule has 0 saturated heterocycles. The van der Waals surface area contributed by atoms with E-state index in [1.807, 2.05) is 64.5 Å². The first-order valence-corrected chi connectivity index (χ1v) is 18.1. The molecule has 4 aromatic rings. The number of nitrogens with one attached hydrogen (secondary N) is 7. The lowest BCUT2D eigenvalue weighted by Gasteiger charge is -2.37. The molecule has 5 rings (SSSR count). The van der Waals surface area contributed by atoms with Crippen LogP contribution in [0.1, 0.15) is 54.7 Å². The molecule has 0 radical (unpaired) electrons. The molecule has 2 aromatic carbocycles.